The molecule has 0 bridgehead atoms. The quantitative estimate of drug-likeness (QED) is 0.934. The molecule has 6 nitrogen and oxygen atoms in total. The zero-order valence-electron chi connectivity index (χ0n) is 12.0. The number of hydrazone groups is 1. The number of carbonyl (C=O) groups is 1. The lowest BCUT2D eigenvalue weighted by Crippen LogP contribution is -2.28. The molecule has 114 valence electrons. The van der Waals surface area contributed by atoms with Crippen molar-refractivity contribution in [3.63, 3.8) is 0 Å². The number of aromatic nitrogens is 1. The lowest BCUT2D eigenvalue weighted by molar-refractivity contribution is -0.121. The molecule has 2 aromatic rings. The van der Waals surface area contributed by atoms with E-state index in [2.05, 4.69) is 10.5 Å². The maximum absolute atomic E-state index is 12.8. The number of aryl methyl sites for hydroxylation is 1. The van der Waals surface area contributed by atoms with Gasteiger partial charge in [-0.25, -0.2) is 17.8 Å². The minimum Gasteiger partial charge on any atom is -0.273 e. The van der Waals surface area contributed by atoms with Gasteiger partial charge >= 0.3 is 0 Å². The van der Waals surface area contributed by atoms with Crippen LogP contribution in [-0.4, -0.2) is 24.0 Å². The molecule has 0 spiro atoms. The average molecular weight is 317 g/mol. The molecule has 1 aliphatic heterocycles. The van der Waals surface area contributed by atoms with E-state index in [1.54, 1.807) is 36.4 Å². The zero-order valence-corrected chi connectivity index (χ0v) is 12.8. The highest BCUT2D eigenvalue weighted by Crippen LogP contribution is 2.19. The van der Waals surface area contributed by atoms with Gasteiger partial charge in [-0.2, -0.15) is 5.10 Å². The van der Waals surface area contributed by atoms with Crippen molar-refractivity contribution in [2.24, 2.45) is 5.10 Å². The highest BCUT2D eigenvalue weighted by atomic mass is 32.2. The minimum absolute atomic E-state index is 0.164. The van der Waals surface area contributed by atoms with E-state index >= 15 is 0 Å². The summed E-state index contributed by atoms with van der Waals surface area (Å²) in [6, 6.07) is 10.0. The molecule has 0 fully saturated rings. The Morgan fingerprint density at radius 2 is 1.86 bits per heavy atom. The molecule has 22 heavy (non-hydrogen) atoms. The Bertz CT molecular complexity index is 848. The summed E-state index contributed by atoms with van der Waals surface area (Å²) >= 11 is 0. The Morgan fingerprint density at radius 1 is 1.14 bits per heavy atom. The third-order valence-electron chi connectivity index (χ3n) is 3.49. The Balaban J connectivity index is 2.04. The van der Waals surface area contributed by atoms with E-state index in [1.165, 1.54) is 10.2 Å². The lowest BCUT2D eigenvalue weighted by Gasteiger charge is -2.15. The van der Waals surface area contributed by atoms with Crippen molar-refractivity contribution in [3.05, 3.63) is 53.9 Å². The molecule has 0 atom stereocenters. The maximum Gasteiger partial charge on any atom is 0.268 e. The van der Waals surface area contributed by atoms with Crippen LogP contribution in [-0.2, 0) is 14.8 Å². The topological polar surface area (TPSA) is 80.5 Å². The zero-order chi connectivity index (χ0) is 15.7. The van der Waals surface area contributed by atoms with Crippen molar-refractivity contribution in [1.82, 2.24) is 9.40 Å². The predicted molar refractivity (Wildman–Crippen MR) is 82.1 cm³/mol. The number of hydrogen-bond donors (Lipinski definition) is 1. The summed E-state index contributed by atoms with van der Waals surface area (Å²) in [6.45, 7) is 1.90. The van der Waals surface area contributed by atoms with Crippen LogP contribution in [0, 0.1) is 6.92 Å². The Kier molecular flexibility index (Phi) is 3.58. The fourth-order valence-electron chi connectivity index (χ4n) is 2.28. The number of amides is 1. The van der Waals surface area contributed by atoms with Crippen molar-refractivity contribution in [2.45, 2.75) is 24.7 Å². The highest BCUT2D eigenvalue weighted by Gasteiger charge is 2.23. The first-order valence-electron chi connectivity index (χ1n) is 6.84. The summed E-state index contributed by atoms with van der Waals surface area (Å²) < 4.78 is 26.7. The molecular weight excluding hydrogens is 302 g/mol. The maximum atomic E-state index is 12.8. The van der Waals surface area contributed by atoms with Crippen LogP contribution in [0.25, 0.3) is 0 Å². The minimum atomic E-state index is -3.68. The molecule has 3 rings (SSSR count). The summed E-state index contributed by atoms with van der Waals surface area (Å²) in [5.74, 6) is -0.164. The standard InChI is InChI=1S/C15H15N3O3S/c1-11-4-6-12(7-5-11)22(20,21)18-10-2-3-14(18)13-8-9-15(19)17-16-13/h2-7,10H,8-9H2,1H3,(H,17,19). The van der Waals surface area contributed by atoms with Crippen molar-refractivity contribution >= 4 is 21.6 Å². The van der Waals surface area contributed by atoms with Crippen LogP contribution < -0.4 is 5.43 Å². The smallest absolute Gasteiger partial charge is 0.268 e. The third kappa shape index (κ3) is 2.55. The number of nitrogens with one attached hydrogen (secondary N) is 1. The third-order valence-corrected chi connectivity index (χ3v) is 5.20. The van der Waals surface area contributed by atoms with Gasteiger partial charge in [0.25, 0.3) is 10.0 Å². The van der Waals surface area contributed by atoms with E-state index in [9.17, 15) is 13.2 Å². The summed E-state index contributed by atoms with van der Waals surface area (Å²) in [5.41, 5.74) is 4.41. The van der Waals surface area contributed by atoms with Gasteiger partial charge in [0.2, 0.25) is 5.91 Å². The second kappa shape index (κ2) is 5.42. The number of nitrogens with zero attached hydrogens (tertiary/aromatic N) is 2. The van der Waals surface area contributed by atoms with Gasteiger partial charge in [0.15, 0.2) is 0 Å². The molecule has 1 amide bonds. The summed E-state index contributed by atoms with van der Waals surface area (Å²) in [7, 11) is -3.68. The molecule has 1 aromatic heterocycles. The molecular formula is C15H15N3O3S. The second-order valence-electron chi connectivity index (χ2n) is 5.10. The molecule has 7 heteroatoms. The molecule has 0 radical (unpaired) electrons. The summed E-state index contributed by atoms with van der Waals surface area (Å²) in [4.78, 5) is 11.4. The molecule has 0 saturated heterocycles. The molecule has 2 heterocycles. The van der Waals surface area contributed by atoms with E-state index < -0.39 is 10.0 Å². The van der Waals surface area contributed by atoms with Crippen LogP contribution in [0.4, 0.5) is 0 Å². The van der Waals surface area contributed by atoms with Gasteiger partial charge in [-0.3, -0.25) is 4.79 Å². The molecule has 1 aliphatic rings. The summed E-state index contributed by atoms with van der Waals surface area (Å²) in [6.07, 6.45) is 2.21. The first kappa shape index (κ1) is 14.5. The van der Waals surface area contributed by atoms with Crippen LogP contribution in [0.2, 0.25) is 0 Å². The fraction of sp³-hybridized carbons (Fsp3) is 0.200. The van der Waals surface area contributed by atoms with Gasteiger partial charge in [-0.15, -0.1) is 0 Å². The molecule has 0 aliphatic carbocycles. The van der Waals surface area contributed by atoms with Crippen molar-refractivity contribution < 1.29 is 13.2 Å². The Labute approximate surface area is 128 Å². The van der Waals surface area contributed by atoms with Gasteiger partial charge in [0, 0.05) is 19.0 Å². The van der Waals surface area contributed by atoms with Gasteiger partial charge in [0.1, 0.15) is 0 Å². The normalized spacial score (nSPS) is 15.3. The molecule has 1 aromatic carbocycles. The second-order valence-corrected chi connectivity index (χ2v) is 6.92. The first-order chi connectivity index (χ1) is 10.5. The summed E-state index contributed by atoms with van der Waals surface area (Å²) in [5, 5.41) is 3.97. The van der Waals surface area contributed by atoms with Gasteiger partial charge in [0.05, 0.1) is 16.3 Å². The first-order valence-corrected chi connectivity index (χ1v) is 8.28. The highest BCUT2D eigenvalue weighted by molar-refractivity contribution is 7.90. The van der Waals surface area contributed by atoms with Crippen molar-refractivity contribution in [2.75, 3.05) is 0 Å². The van der Waals surface area contributed by atoms with Crippen LogP contribution in [0.3, 0.4) is 0 Å². The van der Waals surface area contributed by atoms with E-state index in [1.807, 2.05) is 6.92 Å². The van der Waals surface area contributed by atoms with Crippen LogP contribution in [0.5, 0.6) is 0 Å². The number of hydrogen-bond acceptors (Lipinski definition) is 4. The van der Waals surface area contributed by atoms with E-state index in [4.69, 9.17) is 0 Å². The van der Waals surface area contributed by atoms with Crippen molar-refractivity contribution in [3.8, 4) is 0 Å². The molecule has 0 saturated carbocycles. The van der Waals surface area contributed by atoms with Crippen LogP contribution in [0.1, 0.15) is 24.1 Å². The van der Waals surface area contributed by atoms with E-state index in [-0.39, 0.29) is 10.8 Å². The number of carbonyl (C=O) groups excluding carboxylic acids is 1. The monoisotopic (exact) mass is 317 g/mol. The SMILES string of the molecule is Cc1ccc(S(=O)(=O)n2cccc2C2=NNC(=O)CC2)cc1. The number of rotatable bonds is 3. The lowest BCUT2D eigenvalue weighted by atomic mass is 10.1. The number of benzene rings is 1. The van der Waals surface area contributed by atoms with Crippen LogP contribution in [0.15, 0.2) is 52.6 Å². The van der Waals surface area contributed by atoms with Gasteiger partial charge < -0.3 is 0 Å². The Hall–Kier alpha value is -2.41. The van der Waals surface area contributed by atoms with E-state index in [0.717, 1.165) is 5.56 Å². The largest absolute Gasteiger partial charge is 0.273 e. The Morgan fingerprint density at radius 3 is 2.50 bits per heavy atom. The average Bonchev–Trinajstić information content (AvgIpc) is 2.99. The predicted octanol–water partition coefficient (Wildman–Crippen LogP) is 1.65. The molecule has 0 unspecified atom stereocenters. The fourth-order valence-corrected chi connectivity index (χ4v) is 3.64. The van der Waals surface area contributed by atoms with Crippen molar-refractivity contribution in [1.29, 1.82) is 0 Å². The van der Waals surface area contributed by atoms with E-state index in [0.29, 0.717) is 24.2 Å². The van der Waals surface area contributed by atoms with Crippen LogP contribution >= 0.6 is 0 Å². The molecule has 1 N–H and O–H groups in total. The van der Waals surface area contributed by atoms with Gasteiger partial charge in [-0.1, -0.05) is 17.7 Å². The van der Waals surface area contributed by atoms with Gasteiger partial charge in [-0.05, 0) is 31.2 Å².